The normalized spacial score (nSPS) is 11.8. The van der Waals surface area contributed by atoms with E-state index in [1.54, 1.807) is 4.40 Å². The Morgan fingerprint density at radius 1 is 1.32 bits per heavy atom. The number of alkyl halides is 3. The molecule has 0 saturated heterocycles. The lowest BCUT2D eigenvalue weighted by atomic mass is 10.1. The summed E-state index contributed by atoms with van der Waals surface area (Å²) in [6, 6.07) is 4.84. The summed E-state index contributed by atoms with van der Waals surface area (Å²) in [7, 11) is 0. The first-order valence-electron chi connectivity index (χ1n) is 6.27. The number of hydrogen-bond donors (Lipinski definition) is 1. The molecule has 0 fully saturated rings. The Hall–Kier alpha value is -2.35. The number of carbonyl (C=O) groups is 1. The van der Waals surface area contributed by atoms with Crippen molar-refractivity contribution >= 4 is 27.9 Å². The minimum atomic E-state index is -4.53. The number of thiazole rings is 1. The number of anilines is 1. The number of imidazole rings is 1. The summed E-state index contributed by atoms with van der Waals surface area (Å²) in [5.74, 6) is -0.674. The van der Waals surface area contributed by atoms with Gasteiger partial charge in [0.2, 0.25) is 0 Å². The van der Waals surface area contributed by atoms with Gasteiger partial charge in [0.25, 0.3) is 5.91 Å². The molecule has 0 saturated carbocycles. The second kappa shape index (κ2) is 5.13. The van der Waals surface area contributed by atoms with E-state index in [1.807, 2.05) is 12.3 Å². The molecule has 4 nitrogen and oxygen atoms in total. The van der Waals surface area contributed by atoms with Crippen LogP contribution in [0.1, 0.15) is 21.7 Å². The van der Waals surface area contributed by atoms with Gasteiger partial charge in [0, 0.05) is 17.3 Å². The zero-order valence-electron chi connectivity index (χ0n) is 11.3. The molecule has 8 heteroatoms. The monoisotopic (exact) mass is 325 g/mol. The summed E-state index contributed by atoms with van der Waals surface area (Å²) < 4.78 is 40.4. The molecule has 0 aliphatic rings. The molecule has 0 unspecified atom stereocenters. The molecule has 22 heavy (non-hydrogen) atoms. The highest BCUT2D eigenvalue weighted by Gasteiger charge is 2.33. The summed E-state index contributed by atoms with van der Waals surface area (Å²) in [5, 5.41) is 4.15. The quantitative estimate of drug-likeness (QED) is 0.775. The van der Waals surface area contributed by atoms with Gasteiger partial charge >= 0.3 is 6.18 Å². The molecule has 3 aromatic rings. The van der Waals surface area contributed by atoms with Crippen LogP contribution in [0.5, 0.6) is 0 Å². The maximum atomic E-state index is 12.9. The fourth-order valence-electron chi connectivity index (χ4n) is 2.03. The molecule has 0 bridgehead atoms. The fourth-order valence-corrected chi connectivity index (χ4v) is 2.88. The highest BCUT2D eigenvalue weighted by atomic mass is 32.1. The van der Waals surface area contributed by atoms with E-state index in [0.29, 0.717) is 4.96 Å². The van der Waals surface area contributed by atoms with Gasteiger partial charge in [-0.15, -0.1) is 11.3 Å². The van der Waals surface area contributed by atoms with Gasteiger partial charge in [-0.2, -0.15) is 13.2 Å². The van der Waals surface area contributed by atoms with Gasteiger partial charge in [0.1, 0.15) is 5.69 Å². The summed E-state index contributed by atoms with van der Waals surface area (Å²) >= 11 is 1.36. The van der Waals surface area contributed by atoms with Crippen molar-refractivity contribution in [1.29, 1.82) is 0 Å². The molecular weight excluding hydrogens is 315 g/mol. The van der Waals surface area contributed by atoms with Gasteiger partial charge in [-0.05, 0) is 19.1 Å². The topological polar surface area (TPSA) is 46.4 Å². The Labute approximate surface area is 127 Å². The predicted octanol–water partition coefficient (Wildman–Crippen LogP) is 3.98. The number of aromatic nitrogens is 2. The van der Waals surface area contributed by atoms with E-state index in [0.717, 1.165) is 11.8 Å². The Kier molecular flexibility index (Phi) is 3.40. The maximum absolute atomic E-state index is 12.9. The molecule has 0 atom stereocenters. The molecule has 2 aromatic heterocycles. The van der Waals surface area contributed by atoms with Crippen LogP contribution in [0.3, 0.4) is 0 Å². The van der Waals surface area contributed by atoms with Crippen LogP contribution in [-0.2, 0) is 6.18 Å². The molecule has 1 amide bonds. The van der Waals surface area contributed by atoms with E-state index in [4.69, 9.17) is 0 Å². The highest BCUT2D eigenvalue weighted by Crippen LogP contribution is 2.34. The molecule has 0 aliphatic heterocycles. The number of halogens is 3. The lowest BCUT2D eigenvalue weighted by molar-refractivity contribution is -0.136. The van der Waals surface area contributed by atoms with E-state index in [1.165, 1.54) is 35.7 Å². The number of amides is 1. The Balaban J connectivity index is 1.91. The molecule has 0 spiro atoms. The van der Waals surface area contributed by atoms with Crippen LogP contribution in [0.25, 0.3) is 4.96 Å². The number of fused-ring (bicyclic) bond motifs is 1. The van der Waals surface area contributed by atoms with E-state index in [-0.39, 0.29) is 11.4 Å². The van der Waals surface area contributed by atoms with Crippen molar-refractivity contribution in [1.82, 2.24) is 9.38 Å². The number of benzene rings is 1. The van der Waals surface area contributed by atoms with E-state index in [2.05, 4.69) is 10.3 Å². The van der Waals surface area contributed by atoms with Crippen LogP contribution >= 0.6 is 11.3 Å². The third kappa shape index (κ3) is 2.57. The van der Waals surface area contributed by atoms with Crippen LogP contribution in [0.15, 0.2) is 35.8 Å². The molecular formula is C14H10F3N3OS. The minimum absolute atomic E-state index is 0.0759. The zero-order chi connectivity index (χ0) is 15.9. The van der Waals surface area contributed by atoms with E-state index in [9.17, 15) is 18.0 Å². The third-order valence-electron chi connectivity index (χ3n) is 3.10. The van der Waals surface area contributed by atoms with Crippen LogP contribution < -0.4 is 5.32 Å². The number of hydrogen-bond acceptors (Lipinski definition) is 3. The summed E-state index contributed by atoms with van der Waals surface area (Å²) in [4.78, 5) is 16.8. The number of para-hydroxylation sites is 1. The van der Waals surface area contributed by atoms with E-state index < -0.39 is 17.6 Å². The first-order chi connectivity index (χ1) is 10.4. The predicted molar refractivity (Wildman–Crippen MR) is 77.2 cm³/mol. The second-order valence-electron chi connectivity index (χ2n) is 4.65. The maximum Gasteiger partial charge on any atom is 0.418 e. The van der Waals surface area contributed by atoms with Crippen LogP contribution in [0, 0.1) is 6.92 Å². The first-order valence-corrected chi connectivity index (χ1v) is 7.15. The van der Waals surface area contributed by atoms with Gasteiger partial charge < -0.3 is 5.32 Å². The third-order valence-corrected chi connectivity index (χ3v) is 4.06. The molecule has 1 aromatic carbocycles. The van der Waals surface area contributed by atoms with Crippen molar-refractivity contribution in [2.24, 2.45) is 0 Å². The molecule has 2 heterocycles. The van der Waals surface area contributed by atoms with Gasteiger partial charge in [0.15, 0.2) is 4.96 Å². The number of rotatable bonds is 2. The standard InChI is InChI=1S/C14H10F3N3OS/c1-8-7-22-13-19-11(6-20(8)13)12(21)18-10-5-3-2-4-9(10)14(15,16)17/h2-7H,1H3,(H,18,21). The molecule has 114 valence electrons. The lowest BCUT2D eigenvalue weighted by Gasteiger charge is -2.12. The average Bonchev–Trinajstić information content (AvgIpc) is 3.01. The van der Waals surface area contributed by atoms with Gasteiger partial charge in [-0.25, -0.2) is 4.98 Å². The Bertz CT molecular complexity index is 851. The van der Waals surface area contributed by atoms with E-state index >= 15 is 0 Å². The first kappa shape index (κ1) is 14.6. The van der Waals surface area contributed by atoms with Crippen LogP contribution in [-0.4, -0.2) is 15.3 Å². The highest BCUT2D eigenvalue weighted by molar-refractivity contribution is 7.15. The Morgan fingerprint density at radius 3 is 2.73 bits per heavy atom. The molecule has 1 N–H and O–H groups in total. The smallest absolute Gasteiger partial charge is 0.320 e. The average molecular weight is 325 g/mol. The number of carbonyl (C=O) groups excluding carboxylic acids is 1. The van der Waals surface area contributed by atoms with Crippen molar-refractivity contribution in [3.63, 3.8) is 0 Å². The van der Waals surface area contributed by atoms with Crippen molar-refractivity contribution in [3.05, 3.63) is 52.8 Å². The van der Waals surface area contributed by atoms with Crippen LogP contribution in [0.2, 0.25) is 0 Å². The summed E-state index contributed by atoms with van der Waals surface area (Å²) in [6.45, 7) is 1.85. The van der Waals surface area contributed by atoms with Gasteiger partial charge in [0.05, 0.1) is 11.3 Å². The molecule has 0 aliphatic carbocycles. The number of nitrogens with zero attached hydrogens (tertiary/aromatic N) is 2. The van der Waals surface area contributed by atoms with Crippen molar-refractivity contribution in [2.45, 2.75) is 13.1 Å². The summed E-state index contributed by atoms with van der Waals surface area (Å²) in [6.07, 6.45) is -3.03. The van der Waals surface area contributed by atoms with Crippen molar-refractivity contribution in [2.75, 3.05) is 5.32 Å². The number of nitrogens with one attached hydrogen (secondary N) is 1. The van der Waals surface area contributed by atoms with Crippen LogP contribution in [0.4, 0.5) is 18.9 Å². The zero-order valence-corrected chi connectivity index (χ0v) is 12.1. The van der Waals surface area contributed by atoms with Gasteiger partial charge in [-0.1, -0.05) is 12.1 Å². The Morgan fingerprint density at radius 2 is 2.05 bits per heavy atom. The fraction of sp³-hybridized carbons (Fsp3) is 0.143. The largest absolute Gasteiger partial charge is 0.418 e. The lowest BCUT2D eigenvalue weighted by Crippen LogP contribution is -2.16. The van der Waals surface area contributed by atoms with Crippen molar-refractivity contribution in [3.8, 4) is 0 Å². The SMILES string of the molecule is Cc1csc2nc(C(=O)Nc3ccccc3C(F)(F)F)cn12. The van der Waals surface area contributed by atoms with Gasteiger partial charge in [-0.3, -0.25) is 9.20 Å². The van der Waals surface area contributed by atoms with Crippen molar-refractivity contribution < 1.29 is 18.0 Å². The second-order valence-corrected chi connectivity index (χ2v) is 5.49. The minimum Gasteiger partial charge on any atom is -0.320 e. The molecule has 0 radical (unpaired) electrons. The summed E-state index contributed by atoms with van der Waals surface area (Å²) in [5.41, 5.74) is -0.192. The number of aryl methyl sites for hydroxylation is 1. The molecule has 3 rings (SSSR count).